The van der Waals surface area contributed by atoms with Gasteiger partial charge in [-0.25, -0.2) is 4.98 Å². The number of anilines is 2. The van der Waals surface area contributed by atoms with Gasteiger partial charge in [0, 0.05) is 44.6 Å². The van der Waals surface area contributed by atoms with Crippen LogP contribution in [0.4, 0.5) is 11.5 Å². The number of nitrogens with zero attached hydrogens (tertiary/aromatic N) is 3. The second-order valence-corrected chi connectivity index (χ2v) is 7.00. The van der Waals surface area contributed by atoms with Crippen LogP contribution < -0.4 is 25.0 Å². The number of methoxy groups -OCH3 is 1. The largest absolute Gasteiger partial charge is 0.493 e. The normalized spacial score (nSPS) is 16.9. The molecule has 0 radical (unpaired) electrons. The summed E-state index contributed by atoms with van der Waals surface area (Å²) in [6, 6.07) is 9.84. The lowest BCUT2D eigenvalue weighted by molar-refractivity contribution is 0.0529. The maximum absolute atomic E-state index is 5.60. The molecule has 162 valence electrons. The quantitative estimate of drug-likeness (QED) is 0.534. The minimum absolute atomic E-state index is 0.234. The molecule has 3 rings (SSSR count). The molecule has 2 heterocycles. The Balaban J connectivity index is 1.56. The average Bonchev–Trinajstić information content (AvgIpc) is 2.78. The Labute approximate surface area is 178 Å². The number of benzene rings is 1. The zero-order valence-corrected chi connectivity index (χ0v) is 18.1. The number of hydrogen-bond donors (Lipinski definition) is 2. The van der Waals surface area contributed by atoms with Crippen LogP contribution in [0.15, 0.2) is 41.5 Å². The topological polar surface area (TPSA) is 80.2 Å². The molecule has 2 aromatic rings. The molecular weight excluding hydrogens is 382 g/mol. The van der Waals surface area contributed by atoms with Gasteiger partial charge in [0.15, 0.2) is 17.5 Å². The van der Waals surface area contributed by atoms with Crippen molar-refractivity contribution in [3.63, 3.8) is 0 Å². The molecule has 1 aromatic heterocycles. The van der Waals surface area contributed by atoms with Crippen LogP contribution in [-0.4, -0.2) is 57.5 Å². The van der Waals surface area contributed by atoms with Crippen LogP contribution in [0.2, 0.25) is 0 Å². The van der Waals surface area contributed by atoms with Crippen LogP contribution >= 0.6 is 0 Å². The molecule has 1 aliphatic rings. The Kier molecular flexibility index (Phi) is 7.73. The molecule has 0 aliphatic carbocycles. The zero-order chi connectivity index (χ0) is 21.3. The van der Waals surface area contributed by atoms with E-state index in [-0.39, 0.29) is 6.10 Å². The number of pyridine rings is 1. The first-order chi connectivity index (χ1) is 14.6. The standard InChI is InChI=1S/C22H31N5O3/c1-5-29-19-8-7-18(12-20(19)28-4)26-22(23-3)25-14-17-6-9-21(24-13-17)27-10-11-30-16(2)15-27/h6-9,12-13,16H,5,10-11,14-15H2,1-4H3,(H2,23,25,26). The molecule has 30 heavy (non-hydrogen) atoms. The van der Waals surface area contributed by atoms with E-state index in [2.05, 4.69) is 44.6 Å². The van der Waals surface area contributed by atoms with Crippen molar-refractivity contribution < 1.29 is 14.2 Å². The van der Waals surface area contributed by atoms with Gasteiger partial charge >= 0.3 is 0 Å². The fourth-order valence-corrected chi connectivity index (χ4v) is 3.26. The molecule has 0 spiro atoms. The highest BCUT2D eigenvalue weighted by molar-refractivity contribution is 5.93. The van der Waals surface area contributed by atoms with Crippen LogP contribution in [0.1, 0.15) is 19.4 Å². The summed E-state index contributed by atoms with van der Waals surface area (Å²) >= 11 is 0. The minimum atomic E-state index is 0.234. The highest BCUT2D eigenvalue weighted by atomic mass is 16.5. The number of ether oxygens (including phenoxy) is 3. The van der Waals surface area contributed by atoms with Gasteiger partial charge < -0.3 is 29.7 Å². The van der Waals surface area contributed by atoms with Crippen molar-refractivity contribution in [1.29, 1.82) is 0 Å². The van der Waals surface area contributed by atoms with Crippen molar-refractivity contribution in [2.45, 2.75) is 26.5 Å². The first kappa shape index (κ1) is 21.7. The number of aliphatic imine (C=N–C) groups is 1. The third kappa shape index (κ3) is 5.76. The molecule has 0 bridgehead atoms. The van der Waals surface area contributed by atoms with Crippen LogP contribution in [-0.2, 0) is 11.3 Å². The maximum atomic E-state index is 5.60. The van der Waals surface area contributed by atoms with Gasteiger partial charge in [0.05, 0.1) is 26.4 Å². The summed E-state index contributed by atoms with van der Waals surface area (Å²) in [4.78, 5) is 11.2. The fraction of sp³-hybridized carbons (Fsp3) is 0.455. The Morgan fingerprint density at radius 1 is 1.30 bits per heavy atom. The number of aromatic nitrogens is 1. The van der Waals surface area contributed by atoms with Crippen molar-refractivity contribution >= 4 is 17.5 Å². The molecule has 2 N–H and O–H groups in total. The van der Waals surface area contributed by atoms with E-state index in [4.69, 9.17) is 14.2 Å². The van der Waals surface area contributed by atoms with Gasteiger partial charge in [-0.15, -0.1) is 0 Å². The number of guanidine groups is 1. The molecular formula is C22H31N5O3. The van der Waals surface area contributed by atoms with Crippen LogP contribution in [0, 0.1) is 0 Å². The number of rotatable bonds is 7. The Morgan fingerprint density at radius 3 is 2.83 bits per heavy atom. The third-order valence-electron chi connectivity index (χ3n) is 4.78. The van der Waals surface area contributed by atoms with Gasteiger partial charge in [-0.2, -0.15) is 0 Å². The Hall–Kier alpha value is -3.00. The van der Waals surface area contributed by atoms with Crippen molar-refractivity contribution in [2.75, 3.05) is 50.7 Å². The second-order valence-electron chi connectivity index (χ2n) is 7.00. The van der Waals surface area contributed by atoms with E-state index in [0.29, 0.717) is 30.6 Å². The summed E-state index contributed by atoms with van der Waals surface area (Å²) < 4.78 is 16.6. The van der Waals surface area contributed by atoms with Crippen LogP contribution in [0.3, 0.4) is 0 Å². The lowest BCUT2D eigenvalue weighted by Gasteiger charge is -2.32. The number of hydrogen-bond acceptors (Lipinski definition) is 6. The van der Waals surface area contributed by atoms with E-state index in [9.17, 15) is 0 Å². The van der Waals surface area contributed by atoms with E-state index < -0.39 is 0 Å². The van der Waals surface area contributed by atoms with E-state index in [1.54, 1.807) is 14.2 Å². The first-order valence-corrected chi connectivity index (χ1v) is 10.2. The van der Waals surface area contributed by atoms with E-state index in [1.165, 1.54) is 0 Å². The minimum Gasteiger partial charge on any atom is -0.493 e. The third-order valence-corrected chi connectivity index (χ3v) is 4.78. The molecule has 1 unspecified atom stereocenters. The monoisotopic (exact) mass is 413 g/mol. The molecule has 8 heteroatoms. The lowest BCUT2D eigenvalue weighted by Crippen LogP contribution is -2.41. The summed E-state index contributed by atoms with van der Waals surface area (Å²) in [7, 11) is 3.37. The van der Waals surface area contributed by atoms with Gasteiger partial charge in [-0.1, -0.05) is 6.07 Å². The van der Waals surface area contributed by atoms with Crippen molar-refractivity contribution in [2.24, 2.45) is 4.99 Å². The Morgan fingerprint density at radius 2 is 2.17 bits per heavy atom. The predicted octanol–water partition coefficient (Wildman–Crippen LogP) is 2.90. The van der Waals surface area contributed by atoms with Gasteiger partial charge in [0.2, 0.25) is 0 Å². The summed E-state index contributed by atoms with van der Waals surface area (Å²) in [5, 5.41) is 6.58. The second kappa shape index (κ2) is 10.7. The summed E-state index contributed by atoms with van der Waals surface area (Å²) in [6.45, 7) is 7.71. The van der Waals surface area contributed by atoms with Crippen molar-refractivity contribution in [1.82, 2.24) is 10.3 Å². The summed E-state index contributed by atoms with van der Waals surface area (Å²) in [5.41, 5.74) is 1.94. The van der Waals surface area contributed by atoms with Gasteiger partial charge in [0.1, 0.15) is 5.82 Å². The molecule has 0 saturated carbocycles. The fourth-order valence-electron chi connectivity index (χ4n) is 3.26. The van der Waals surface area contributed by atoms with Gasteiger partial charge in [0.25, 0.3) is 0 Å². The van der Waals surface area contributed by atoms with Crippen LogP contribution in [0.25, 0.3) is 0 Å². The molecule has 1 fully saturated rings. The van der Waals surface area contributed by atoms with E-state index in [0.717, 1.165) is 36.8 Å². The van der Waals surface area contributed by atoms with Gasteiger partial charge in [-0.05, 0) is 37.6 Å². The maximum Gasteiger partial charge on any atom is 0.195 e. The average molecular weight is 414 g/mol. The highest BCUT2D eigenvalue weighted by Crippen LogP contribution is 2.30. The lowest BCUT2D eigenvalue weighted by atomic mass is 10.2. The summed E-state index contributed by atoms with van der Waals surface area (Å²) in [5.74, 6) is 3.04. The number of nitrogens with one attached hydrogen (secondary N) is 2. The van der Waals surface area contributed by atoms with Gasteiger partial charge in [-0.3, -0.25) is 4.99 Å². The molecule has 1 atom stereocenters. The van der Waals surface area contributed by atoms with E-state index >= 15 is 0 Å². The molecule has 0 amide bonds. The predicted molar refractivity (Wildman–Crippen MR) is 120 cm³/mol. The van der Waals surface area contributed by atoms with Crippen molar-refractivity contribution in [3.8, 4) is 11.5 Å². The van der Waals surface area contributed by atoms with E-state index in [1.807, 2.05) is 31.3 Å². The smallest absolute Gasteiger partial charge is 0.195 e. The molecule has 1 aliphatic heterocycles. The number of morpholine rings is 1. The van der Waals surface area contributed by atoms with Crippen LogP contribution in [0.5, 0.6) is 11.5 Å². The highest BCUT2D eigenvalue weighted by Gasteiger charge is 2.17. The Bertz CT molecular complexity index is 841. The molecule has 1 saturated heterocycles. The molecule has 8 nitrogen and oxygen atoms in total. The SMILES string of the molecule is CCOc1ccc(NC(=NC)NCc2ccc(N3CCOC(C)C3)nc2)cc1OC. The summed E-state index contributed by atoms with van der Waals surface area (Å²) in [6.07, 6.45) is 2.13. The zero-order valence-electron chi connectivity index (χ0n) is 18.1. The molecule has 1 aromatic carbocycles. The first-order valence-electron chi connectivity index (χ1n) is 10.2. The van der Waals surface area contributed by atoms with Crippen molar-refractivity contribution in [3.05, 3.63) is 42.1 Å².